The second kappa shape index (κ2) is 13.7. The molecule has 0 bridgehead atoms. The number of carbonyl (C=O) groups excluding carboxylic acids is 1. The number of fused-ring (bicyclic) bond motifs is 1. The zero-order valence-corrected chi connectivity index (χ0v) is 26.8. The van der Waals surface area contributed by atoms with E-state index < -0.39 is 39.5 Å². The van der Waals surface area contributed by atoms with Crippen LogP contribution in [-0.2, 0) is 37.5 Å². The Kier molecular flexibility index (Phi) is 9.95. The molecule has 46 heavy (non-hydrogen) atoms. The van der Waals surface area contributed by atoms with Gasteiger partial charge in [-0.25, -0.2) is 36.5 Å². The molecule has 5 rings (SSSR count). The molecule has 0 atom stereocenters. The van der Waals surface area contributed by atoms with E-state index in [9.17, 15) is 22.0 Å². The Labute approximate surface area is 266 Å². The van der Waals surface area contributed by atoms with Gasteiger partial charge in [-0.15, -0.1) is 0 Å². The molecule has 2 aromatic carbocycles. The summed E-state index contributed by atoms with van der Waals surface area (Å²) in [5.41, 5.74) is 1.46. The predicted molar refractivity (Wildman–Crippen MR) is 170 cm³/mol. The number of ether oxygens (including phenoxy) is 1. The molecule has 1 fully saturated rings. The largest absolute Gasteiger partial charge is 0.460 e. The van der Waals surface area contributed by atoms with E-state index in [1.165, 1.54) is 54.7 Å². The molecular formula is C34H37F3N4O4S. The Morgan fingerprint density at radius 3 is 2.33 bits per heavy atom. The summed E-state index contributed by atoms with van der Waals surface area (Å²) in [5.74, 6) is -1.67. The van der Waals surface area contributed by atoms with Crippen molar-refractivity contribution in [1.29, 1.82) is 0 Å². The molecule has 0 amide bonds. The highest BCUT2D eigenvalue weighted by Gasteiger charge is 2.26. The second-order valence-corrected chi connectivity index (χ2v) is 14.9. The third-order valence-corrected chi connectivity index (χ3v) is 9.37. The zero-order chi connectivity index (χ0) is 33.1. The van der Waals surface area contributed by atoms with Gasteiger partial charge in [-0.2, -0.15) is 0 Å². The number of sulfone groups is 1. The topological polar surface area (TPSA) is 111 Å². The van der Waals surface area contributed by atoms with Gasteiger partial charge >= 0.3 is 5.97 Å². The molecule has 1 aliphatic carbocycles. The van der Waals surface area contributed by atoms with Gasteiger partial charge < -0.3 is 10.1 Å². The fraction of sp³-hybridized carbons (Fsp3) is 0.412. The number of hydrogen-bond acceptors (Lipinski definition) is 8. The summed E-state index contributed by atoms with van der Waals surface area (Å²) >= 11 is 0. The summed E-state index contributed by atoms with van der Waals surface area (Å²) < 4.78 is 73.3. The first-order valence-electron chi connectivity index (χ1n) is 15.2. The van der Waals surface area contributed by atoms with E-state index in [0.29, 0.717) is 40.2 Å². The maximum atomic E-state index is 15.1. The fourth-order valence-electron chi connectivity index (χ4n) is 5.67. The lowest BCUT2D eigenvalue weighted by molar-refractivity contribution is -0.156. The van der Waals surface area contributed by atoms with Crippen LogP contribution in [0.1, 0.15) is 69.6 Å². The van der Waals surface area contributed by atoms with E-state index in [2.05, 4.69) is 20.3 Å². The number of benzene rings is 2. The van der Waals surface area contributed by atoms with Crippen LogP contribution in [-0.4, -0.2) is 41.0 Å². The first-order valence-corrected chi connectivity index (χ1v) is 17.0. The third kappa shape index (κ3) is 8.80. The Morgan fingerprint density at radius 1 is 0.957 bits per heavy atom. The van der Waals surface area contributed by atoms with Gasteiger partial charge in [0.05, 0.1) is 23.4 Å². The van der Waals surface area contributed by atoms with Crippen LogP contribution in [0.4, 0.5) is 19.1 Å². The second-order valence-electron chi connectivity index (χ2n) is 12.8. The molecule has 12 heteroatoms. The third-order valence-electron chi connectivity index (χ3n) is 7.85. The van der Waals surface area contributed by atoms with E-state index in [1.54, 1.807) is 0 Å². The molecule has 2 heterocycles. The van der Waals surface area contributed by atoms with E-state index in [-0.39, 0.29) is 34.8 Å². The Bertz CT molecular complexity index is 1820. The van der Waals surface area contributed by atoms with Crippen molar-refractivity contribution in [1.82, 2.24) is 15.0 Å². The van der Waals surface area contributed by atoms with Crippen molar-refractivity contribution in [3.63, 3.8) is 0 Å². The Balaban J connectivity index is 1.25. The lowest BCUT2D eigenvalue weighted by atomic mass is 9.84. The molecule has 8 nitrogen and oxygen atoms in total. The monoisotopic (exact) mass is 654 g/mol. The van der Waals surface area contributed by atoms with Crippen molar-refractivity contribution in [2.45, 2.75) is 82.7 Å². The summed E-state index contributed by atoms with van der Waals surface area (Å²) in [6.45, 7) is 4.74. The molecule has 0 unspecified atom stereocenters. The summed E-state index contributed by atoms with van der Waals surface area (Å²) in [6, 6.07) is 10.8. The molecule has 244 valence electrons. The molecule has 2 aromatic heterocycles. The first kappa shape index (κ1) is 33.3. The molecule has 1 N–H and O–H groups in total. The Hall–Kier alpha value is -4.06. The number of pyridine rings is 1. The summed E-state index contributed by atoms with van der Waals surface area (Å²) in [5, 5.41) is 3.33. The molecule has 0 saturated heterocycles. The van der Waals surface area contributed by atoms with Crippen molar-refractivity contribution in [2.24, 2.45) is 5.92 Å². The number of hydrogen-bond donors (Lipinski definition) is 1. The molecule has 4 aromatic rings. The first-order chi connectivity index (χ1) is 21.8. The van der Waals surface area contributed by atoms with Crippen LogP contribution in [0, 0.1) is 17.6 Å². The van der Waals surface area contributed by atoms with E-state index in [1.807, 2.05) is 20.8 Å². The summed E-state index contributed by atoms with van der Waals surface area (Å²) in [6.07, 6.45) is 5.28. The maximum Gasteiger partial charge on any atom is 0.306 e. The van der Waals surface area contributed by atoms with Gasteiger partial charge in [0.2, 0.25) is 5.95 Å². The van der Waals surface area contributed by atoms with Crippen LogP contribution >= 0.6 is 0 Å². The highest BCUT2D eigenvalue weighted by molar-refractivity contribution is 7.89. The van der Waals surface area contributed by atoms with Gasteiger partial charge in [0, 0.05) is 29.2 Å². The minimum atomic E-state index is -3.74. The number of halogens is 3. The lowest BCUT2D eigenvalue weighted by Gasteiger charge is -2.29. The van der Waals surface area contributed by atoms with Crippen LogP contribution in [0.15, 0.2) is 54.7 Å². The lowest BCUT2D eigenvalue weighted by Crippen LogP contribution is -2.30. The number of carbonyl (C=O) groups is 1. The number of anilines is 1. The quantitative estimate of drug-likeness (QED) is 0.178. The van der Waals surface area contributed by atoms with Crippen LogP contribution in [0.25, 0.3) is 22.3 Å². The number of esters is 1. The molecule has 0 radical (unpaired) electrons. The van der Waals surface area contributed by atoms with Crippen LogP contribution in [0.5, 0.6) is 0 Å². The highest BCUT2D eigenvalue weighted by Crippen LogP contribution is 2.31. The average Bonchev–Trinajstić information content (AvgIpc) is 2.98. The van der Waals surface area contributed by atoms with Gasteiger partial charge in [0.15, 0.2) is 9.84 Å². The molecule has 1 saturated carbocycles. The van der Waals surface area contributed by atoms with Crippen molar-refractivity contribution in [3.8, 4) is 11.3 Å². The van der Waals surface area contributed by atoms with Crippen LogP contribution in [0.2, 0.25) is 0 Å². The normalized spacial score (nSPS) is 17.2. The molecular weight excluding hydrogens is 617 g/mol. The van der Waals surface area contributed by atoms with Crippen molar-refractivity contribution < 1.29 is 31.1 Å². The Morgan fingerprint density at radius 2 is 1.67 bits per heavy atom. The molecule has 0 aliphatic heterocycles. The fourth-order valence-corrected chi connectivity index (χ4v) is 7.18. The minimum Gasteiger partial charge on any atom is -0.460 e. The summed E-state index contributed by atoms with van der Waals surface area (Å²) in [4.78, 5) is 25.7. The minimum absolute atomic E-state index is 0.0183. The van der Waals surface area contributed by atoms with E-state index in [4.69, 9.17) is 4.74 Å². The van der Waals surface area contributed by atoms with Crippen molar-refractivity contribution >= 4 is 32.8 Å². The highest BCUT2D eigenvalue weighted by atomic mass is 32.2. The van der Waals surface area contributed by atoms with E-state index in [0.717, 1.165) is 25.7 Å². The number of nitrogens with zero attached hydrogens (tertiary/aromatic N) is 3. The standard InChI is InChI=1S/C34H37F3N4O4S/c1-34(2,3)45-31(42)14-21-6-12-27(13-7-21)39-33-38-18-30-32(41-33)25(17-35)16-29(40-30)23-8-9-24(28(37)15-23)20-46(43,44)19-22-4-10-26(36)11-5-22/h4-5,8-11,15-16,18,21,27H,6-7,12-14,17,19-20H2,1-3H3,(H,38,39,41). The van der Waals surface area contributed by atoms with Crippen molar-refractivity contribution in [2.75, 3.05) is 5.32 Å². The van der Waals surface area contributed by atoms with Gasteiger partial charge in [0.25, 0.3) is 0 Å². The van der Waals surface area contributed by atoms with Gasteiger partial charge in [-0.1, -0.05) is 24.3 Å². The van der Waals surface area contributed by atoms with Gasteiger partial charge in [-0.3, -0.25) is 4.79 Å². The maximum absolute atomic E-state index is 15.1. The van der Waals surface area contributed by atoms with Crippen LogP contribution < -0.4 is 5.32 Å². The molecule has 1 aliphatic rings. The van der Waals surface area contributed by atoms with Crippen LogP contribution in [0.3, 0.4) is 0 Å². The zero-order valence-electron chi connectivity index (χ0n) is 26.0. The average molecular weight is 655 g/mol. The smallest absolute Gasteiger partial charge is 0.306 e. The predicted octanol–water partition coefficient (Wildman–Crippen LogP) is 7.26. The van der Waals surface area contributed by atoms with E-state index >= 15 is 4.39 Å². The number of alkyl halides is 1. The SMILES string of the molecule is CC(C)(C)OC(=O)CC1CCC(Nc2ncc3nc(-c4ccc(CS(=O)(=O)Cc5ccc(F)cc5)c(F)c4)cc(CF)c3n2)CC1. The van der Waals surface area contributed by atoms with Gasteiger partial charge in [0.1, 0.15) is 34.9 Å². The van der Waals surface area contributed by atoms with Gasteiger partial charge in [-0.05, 0) is 82.2 Å². The molecule has 0 spiro atoms. The number of nitrogens with one attached hydrogen (secondary N) is 1. The number of rotatable bonds is 10. The van der Waals surface area contributed by atoms with Crippen molar-refractivity contribution in [3.05, 3.63) is 83.1 Å². The number of aromatic nitrogens is 3. The summed E-state index contributed by atoms with van der Waals surface area (Å²) in [7, 11) is -3.74.